The molecule has 9 rings (SSSR count). The summed E-state index contributed by atoms with van der Waals surface area (Å²) in [4.78, 5) is 27.2. The highest BCUT2D eigenvalue weighted by atomic mass is 15.1. The Labute approximate surface area is 352 Å². The van der Waals surface area contributed by atoms with E-state index < -0.39 is 0 Å². The summed E-state index contributed by atoms with van der Waals surface area (Å²) in [5, 5.41) is 0. The Morgan fingerprint density at radius 3 is 0.800 bits per heavy atom. The molecule has 2 N–H and O–H groups in total. The lowest BCUT2D eigenvalue weighted by atomic mass is 10.0. The summed E-state index contributed by atoms with van der Waals surface area (Å²) < 4.78 is 0. The van der Waals surface area contributed by atoms with Gasteiger partial charge in [0.1, 0.15) is 0 Å². The van der Waals surface area contributed by atoms with Gasteiger partial charge in [-0.1, -0.05) is 48.5 Å². The second-order valence-electron chi connectivity index (χ2n) is 16.3. The topological polar surface area (TPSA) is 70.3 Å². The third-order valence-corrected chi connectivity index (χ3v) is 11.4. The molecule has 0 fully saturated rings. The van der Waals surface area contributed by atoms with Crippen LogP contribution in [0.15, 0.2) is 121 Å². The Balaban J connectivity index is 1.42. The first-order valence-corrected chi connectivity index (χ1v) is 20.3. The molecule has 298 valence electrons. The van der Waals surface area contributed by atoms with Crippen LogP contribution in [0.2, 0.25) is 0 Å². The van der Waals surface area contributed by atoms with Crippen LogP contribution in [0.5, 0.6) is 0 Å². The number of rotatable bonds is 8. The normalized spacial score (nSPS) is 11.9. The van der Waals surface area contributed by atoms with Crippen LogP contribution in [-0.2, 0) is 0 Å². The van der Waals surface area contributed by atoms with Crippen molar-refractivity contribution in [1.82, 2.24) is 19.9 Å². The average Bonchev–Trinajstić information content (AvgIpc) is 4.10. The van der Waals surface area contributed by atoms with Gasteiger partial charge in [0, 0.05) is 123 Å². The van der Waals surface area contributed by atoms with E-state index in [9.17, 15) is 0 Å². The zero-order valence-corrected chi connectivity index (χ0v) is 35.5. The molecule has 0 atom stereocenters. The number of aromatic nitrogens is 4. The Morgan fingerprint density at radius 2 is 0.517 bits per heavy atom. The summed E-state index contributed by atoms with van der Waals surface area (Å²) >= 11 is 0. The summed E-state index contributed by atoms with van der Waals surface area (Å²) in [7, 11) is 16.5. The van der Waals surface area contributed by atoms with Crippen molar-refractivity contribution >= 4 is 69.1 Å². The molecule has 3 aromatic heterocycles. The zero-order valence-electron chi connectivity index (χ0n) is 35.5. The number of anilines is 4. The van der Waals surface area contributed by atoms with E-state index in [1.54, 1.807) is 0 Å². The molecule has 0 saturated carbocycles. The van der Waals surface area contributed by atoms with Crippen LogP contribution < -0.4 is 19.6 Å². The number of fused-ring (bicyclic) bond motifs is 8. The highest BCUT2D eigenvalue weighted by Gasteiger charge is 2.20. The maximum Gasteiger partial charge on any atom is 0.0738 e. The molecule has 2 aliphatic rings. The second kappa shape index (κ2) is 15.5. The Hall–Kier alpha value is -7.32. The molecular weight excluding hydrogens is 737 g/mol. The van der Waals surface area contributed by atoms with Crippen molar-refractivity contribution in [1.29, 1.82) is 0 Å². The van der Waals surface area contributed by atoms with Crippen molar-refractivity contribution in [3.8, 4) is 44.5 Å². The van der Waals surface area contributed by atoms with E-state index in [0.29, 0.717) is 0 Å². The quantitative estimate of drug-likeness (QED) is 0.160. The van der Waals surface area contributed by atoms with Crippen LogP contribution in [0.25, 0.3) is 90.9 Å². The fraction of sp³-hybridized carbons (Fsp3) is 0.154. The Kier molecular flexibility index (Phi) is 9.84. The van der Waals surface area contributed by atoms with E-state index in [2.05, 4.69) is 232 Å². The summed E-state index contributed by atoms with van der Waals surface area (Å²) in [5.74, 6) is 0. The minimum Gasteiger partial charge on any atom is -0.378 e. The van der Waals surface area contributed by atoms with E-state index in [1.165, 1.54) is 0 Å². The molecule has 0 aliphatic carbocycles. The molecule has 0 spiro atoms. The minimum atomic E-state index is 0.862. The molecule has 2 aliphatic heterocycles. The van der Waals surface area contributed by atoms with Crippen LogP contribution in [0.1, 0.15) is 22.8 Å². The predicted octanol–water partition coefficient (Wildman–Crippen LogP) is 11.6. The number of H-pyrrole nitrogens is 2. The molecule has 7 aromatic rings. The van der Waals surface area contributed by atoms with Crippen LogP contribution in [0, 0.1) is 0 Å². The Bertz CT molecular complexity index is 2790. The fourth-order valence-corrected chi connectivity index (χ4v) is 8.13. The van der Waals surface area contributed by atoms with E-state index in [1.807, 2.05) is 0 Å². The number of hydrogen-bond acceptors (Lipinski definition) is 6. The van der Waals surface area contributed by atoms with Gasteiger partial charge in [-0.05, 0) is 119 Å². The van der Waals surface area contributed by atoms with Crippen LogP contribution in [-0.4, -0.2) is 76.3 Å². The largest absolute Gasteiger partial charge is 0.378 e. The number of benzene rings is 4. The molecule has 0 unspecified atom stereocenters. The van der Waals surface area contributed by atoms with Crippen LogP contribution in [0.3, 0.4) is 0 Å². The SMILES string of the molecule is CN(C)c1ccc(-c2c3nc(c(-c4ccc(N(C)C)cc4)c4ccc([nH]4)c(-c4ccc(N(C)C)cc4)c4ccc([nH]4)c(-c4ccc(N(C)C)cc4)c4nc2C=C4)C=C3)cc1. The molecule has 8 nitrogen and oxygen atoms in total. The van der Waals surface area contributed by atoms with Crippen molar-refractivity contribution in [2.24, 2.45) is 0 Å². The van der Waals surface area contributed by atoms with E-state index in [-0.39, 0.29) is 0 Å². The molecule has 0 radical (unpaired) electrons. The summed E-state index contributed by atoms with van der Waals surface area (Å²) in [6.07, 6.45) is 8.57. The molecule has 8 bridgehead atoms. The Morgan fingerprint density at radius 1 is 0.283 bits per heavy atom. The molecule has 60 heavy (non-hydrogen) atoms. The number of hydrogen-bond donors (Lipinski definition) is 2. The highest BCUT2D eigenvalue weighted by molar-refractivity contribution is 6.00. The summed E-state index contributed by atoms with van der Waals surface area (Å²) in [6.45, 7) is 0. The molecule has 8 heteroatoms. The first-order chi connectivity index (χ1) is 29.0. The van der Waals surface area contributed by atoms with E-state index >= 15 is 0 Å². The molecule has 0 amide bonds. The minimum absolute atomic E-state index is 0.862. The molecule has 4 aromatic carbocycles. The lowest BCUT2D eigenvalue weighted by Crippen LogP contribution is -2.08. The van der Waals surface area contributed by atoms with Crippen molar-refractivity contribution in [2.75, 3.05) is 76.0 Å². The first-order valence-electron chi connectivity index (χ1n) is 20.3. The average molecular weight is 787 g/mol. The maximum absolute atomic E-state index is 5.47. The first kappa shape index (κ1) is 38.2. The van der Waals surface area contributed by atoms with Gasteiger partial charge >= 0.3 is 0 Å². The maximum atomic E-state index is 5.47. The van der Waals surface area contributed by atoms with Gasteiger partial charge in [-0.15, -0.1) is 0 Å². The van der Waals surface area contributed by atoms with Crippen LogP contribution in [0.4, 0.5) is 22.7 Å². The van der Waals surface area contributed by atoms with Crippen molar-refractivity contribution in [2.45, 2.75) is 0 Å². The van der Waals surface area contributed by atoms with Gasteiger partial charge in [-0.2, -0.15) is 0 Å². The highest BCUT2D eigenvalue weighted by Crippen LogP contribution is 2.39. The molecular formula is C52H50N8. The zero-order chi connectivity index (χ0) is 41.7. The predicted molar refractivity (Wildman–Crippen MR) is 258 cm³/mol. The van der Waals surface area contributed by atoms with Gasteiger partial charge in [0.15, 0.2) is 0 Å². The molecule has 5 heterocycles. The standard InChI is InChI=1S/C52H50N8/c1-57(2)37-17-9-33(10-18-37)49-41-25-27-43(53-41)50(34-11-19-38(20-12-34)58(3)4)45-29-31-47(55-45)52(36-15-23-40(24-16-36)60(7)8)48-32-30-46(56-48)51(44-28-26-42(49)54-44)35-13-21-39(22-14-35)59(5)6/h9-32,53-54H,1-8H3. The van der Waals surface area contributed by atoms with Crippen molar-refractivity contribution in [3.05, 3.63) is 144 Å². The van der Waals surface area contributed by atoms with Gasteiger partial charge in [0.25, 0.3) is 0 Å². The third kappa shape index (κ3) is 7.11. The van der Waals surface area contributed by atoms with Gasteiger partial charge < -0.3 is 29.6 Å². The van der Waals surface area contributed by atoms with Crippen molar-refractivity contribution < 1.29 is 0 Å². The number of nitrogens with zero attached hydrogens (tertiary/aromatic N) is 6. The third-order valence-electron chi connectivity index (χ3n) is 11.4. The van der Waals surface area contributed by atoms with Gasteiger partial charge in [-0.3, -0.25) is 0 Å². The lowest BCUT2D eigenvalue weighted by molar-refractivity contribution is 1.13. The summed E-state index contributed by atoms with van der Waals surface area (Å²) in [6, 6.07) is 43.6. The fourth-order valence-electron chi connectivity index (χ4n) is 8.13. The summed E-state index contributed by atoms with van der Waals surface area (Å²) in [5.41, 5.74) is 20.4. The second-order valence-corrected chi connectivity index (χ2v) is 16.3. The lowest BCUT2D eigenvalue weighted by Gasteiger charge is -2.14. The smallest absolute Gasteiger partial charge is 0.0738 e. The molecule has 0 saturated heterocycles. The van der Waals surface area contributed by atoms with Gasteiger partial charge in [-0.25, -0.2) is 9.97 Å². The van der Waals surface area contributed by atoms with E-state index in [0.717, 1.165) is 112 Å². The number of aromatic amines is 2. The van der Waals surface area contributed by atoms with Gasteiger partial charge in [0.05, 0.1) is 22.8 Å². The monoisotopic (exact) mass is 786 g/mol. The van der Waals surface area contributed by atoms with Gasteiger partial charge in [0.2, 0.25) is 0 Å². The number of nitrogens with one attached hydrogen (secondary N) is 2. The van der Waals surface area contributed by atoms with E-state index in [4.69, 9.17) is 9.97 Å². The van der Waals surface area contributed by atoms with Crippen molar-refractivity contribution in [3.63, 3.8) is 0 Å². The van der Waals surface area contributed by atoms with Crippen LogP contribution >= 0.6 is 0 Å².